The molecule has 1 aliphatic carbocycles. The number of ether oxygens (including phenoxy) is 1. The Bertz CT molecular complexity index is 181. The summed E-state index contributed by atoms with van der Waals surface area (Å²) >= 11 is 0. The Morgan fingerprint density at radius 3 is 2.50 bits per heavy atom. The highest BCUT2D eigenvalue weighted by atomic mass is 16.5. The van der Waals surface area contributed by atoms with Gasteiger partial charge in [0.15, 0.2) is 0 Å². The van der Waals surface area contributed by atoms with E-state index >= 15 is 0 Å². The first-order valence-electron chi connectivity index (χ1n) is 6.89. The van der Waals surface area contributed by atoms with Crippen molar-refractivity contribution in [3.05, 3.63) is 0 Å². The van der Waals surface area contributed by atoms with Gasteiger partial charge in [0.25, 0.3) is 0 Å². The van der Waals surface area contributed by atoms with Gasteiger partial charge in [-0.2, -0.15) is 0 Å². The van der Waals surface area contributed by atoms with Gasteiger partial charge >= 0.3 is 0 Å². The molecule has 0 bridgehead atoms. The largest absolute Gasteiger partial charge is 0.374 e. The molecule has 0 aliphatic heterocycles. The summed E-state index contributed by atoms with van der Waals surface area (Å²) in [6.45, 7) is 11.2. The number of hydrogen-bond donors (Lipinski definition) is 1. The van der Waals surface area contributed by atoms with Crippen LogP contribution in [0, 0.1) is 5.41 Å². The molecule has 0 saturated heterocycles. The molecule has 0 spiro atoms. The third kappa shape index (κ3) is 5.31. The van der Waals surface area contributed by atoms with Crippen molar-refractivity contribution in [3.63, 3.8) is 0 Å². The average molecular weight is 227 g/mol. The molecule has 0 aromatic carbocycles. The maximum atomic E-state index is 6.07. The third-order valence-electron chi connectivity index (χ3n) is 3.57. The maximum absolute atomic E-state index is 6.07. The predicted octanol–water partition coefficient (Wildman–Crippen LogP) is 3.36. The van der Waals surface area contributed by atoms with Crippen molar-refractivity contribution in [2.24, 2.45) is 5.41 Å². The Balaban J connectivity index is 2.13. The molecule has 0 radical (unpaired) electrons. The molecule has 0 heterocycles. The molecule has 1 atom stereocenters. The van der Waals surface area contributed by atoms with Crippen LogP contribution in [-0.4, -0.2) is 25.3 Å². The van der Waals surface area contributed by atoms with E-state index in [9.17, 15) is 0 Å². The van der Waals surface area contributed by atoms with Crippen molar-refractivity contribution in [3.8, 4) is 0 Å². The Kier molecular flexibility index (Phi) is 5.77. The SMILES string of the molecule is CCCNCC(C)OC1CCC(C)(C)CC1. The summed E-state index contributed by atoms with van der Waals surface area (Å²) in [5.41, 5.74) is 0.545. The second-order valence-electron chi connectivity index (χ2n) is 6.01. The van der Waals surface area contributed by atoms with Gasteiger partial charge in [-0.05, 0) is 51.0 Å². The highest BCUT2D eigenvalue weighted by Gasteiger charge is 2.27. The zero-order chi connectivity index (χ0) is 12.0. The first-order chi connectivity index (χ1) is 7.53. The van der Waals surface area contributed by atoms with Crippen molar-refractivity contribution in [2.45, 2.75) is 72.0 Å². The molecule has 0 aromatic heterocycles. The predicted molar refractivity (Wildman–Crippen MR) is 69.7 cm³/mol. The molecule has 1 saturated carbocycles. The van der Waals surface area contributed by atoms with E-state index in [-0.39, 0.29) is 0 Å². The van der Waals surface area contributed by atoms with Gasteiger partial charge in [-0.1, -0.05) is 20.8 Å². The van der Waals surface area contributed by atoms with Gasteiger partial charge in [0, 0.05) is 6.54 Å². The van der Waals surface area contributed by atoms with E-state index in [0.29, 0.717) is 17.6 Å². The van der Waals surface area contributed by atoms with Crippen LogP contribution in [0.25, 0.3) is 0 Å². The summed E-state index contributed by atoms with van der Waals surface area (Å²) in [7, 11) is 0. The Hall–Kier alpha value is -0.0800. The van der Waals surface area contributed by atoms with Crippen LogP contribution in [0.5, 0.6) is 0 Å². The van der Waals surface area contributed by atoms with Crippen molar-refractivity contribution < 1.29 is 4.74 Å². The maximum Gasteiger partial charge on any atom is 0.0675 e. The van der Waals surface area contributed by atoms with Gasteiger partial charge in [0.05, 0.1) is 12.2 Å². The van der Waals surface area contributed by atoms with Gasteiger partial charge in [0.2, 0.25) is 0 Å². The Morgan fingerprint density at radius 1 is 1.31 bits per heavy atom. The minimum Gasteiger partial charge on any atom is -0.374 e. The molecule has 1 aliphatic rings. The van der Waals surface area contributed by atoms with E-state index in [1.54, 1.807) is 0 Å². The van der Waals surface area contributed by atoms with E-state index in [2.05, 4.69) is 33.0 Å². The normalized spacial score (nSPS) is 23.2. The van der Waals surface area contributed by atoms with Crippen LogP contribution in [0.3, 0.4) is 0 Å². The first kappa shape index (κ1) is 14.0. The van der Waals surface area contributed by atoms with E-state index in [1.807, 2.05) is 0 Å². The van der Waals surface area contributed by atoms with Gasteiger partial charge in [0.1, 0.15) is 0 Å². The lowest BCUT2D eigenvalue weighted by molar-refractivity contribution is -0.0363. The summed E-state index contributed by atoms with van der Waals surface area (Å²) in [6, 6.07) is 0. The monoisotopic (exact) mass is 227 g/mol. The van der Waals surface area contributed by atoms with E-state index < -0.39 is 0 Å². The van der Waals surface area contributed by atoms with E-state index in [4.69, 9.17) is 4.74 Å². The Morgan fingerprint density at radius 2 is 1.94 bits per heavy atom. The van der Waals surface area contributed by atoms with E-state index in [0.717, 1.165) is 13.1 Å². The van der Waals surface area contributed by atoms with Crippen LogP contribution < -0.4 is 5.32 Å². The zero-order valence-corrected chi connectivity index (χ0v) is 11.5. The fraction of sp³-hybridized carbons (Fsp3) is 1.00. The van der Waals surface area contributed by atoms with Crippen LogP contribution >= 0.6 is 0 Å². The average Bonchev–Trinajstić information content (AvgIpc) is 2.22. The highest BCUT2D eigenvalue weighted by Crippen LogP contribution is 2.36. The van der Waals surface area contributed by atoms with Crippen LogP contribution in [0.15, 0.2) is 0 Å². The minimum absolute atomic E-state index is 0.359. The van der Waals surface area contributed by atoms with Crippen molar-refractivity contribution in [2.75, 3.05) is 13.1 Å². The molecular weight excluding hydrogens is 198 g/mol. The third-order valence-corrected chi connectivity index (χ3v) is 3.57. The number of nitrogens with one attached hydrogen (secondary N) is 1. The van der Waals surface area contributed by atoms with Gasteiger partial charge < -0.3 is 10.1 Å². The molecule has 0 aromatic rings. The lowest BCUT2D eigenvalue weighted by Crippen LogP contribution is -2.34. The second kappa shape index (κ2) is 6.61. The van der Waals surface area contributed by atoms with Gasteiger partial charge in [-0.3, -0.25) is 0 Å². The smallest absolute Gasteiger partial charge is 0.0675 e. The standard InChI is InChI=1S/C14H29NO/c1-5-10-15-11-12(2)16-13-6-8-14(3,4)9-7-13/h12-13,15H,5-11H2,1-4H3. The molecule has 1 N–H and O–H groups in total. The van der Waals surface area contributed by atoms with Gasteiger partial charge in [-0.25, -0.2) is 0 Å². The molecule has 1 rings (SSSR count). The van der Waals surface area contributed by atoms with Crippen LogP contribution in [0.2, 0.25) is 0 Å². The lowest BCUT2D eigenvalue weighted by atomic mass is 9.76. The van der Waals surface area contributed by atoms with Gasteiger partial charge in [-0.15, -0.1) is 0 Å². The van der Waals surface area contributed by atoms with Crippen molar-refractivity contribution >= 4 is 0 Å². The quantitative estimate of drug-likeness (QED) is 0.703. The second-order valence-corrected chi connectivity index (χ2v) is 6.01. The number of rotatable bonds is 6. The molecular formula is C14H29NO. The molecule has 1 unspecified atom stereocenters. The van der Waals surface area contributed by atoms with Crippen LogP contribution in [0.1, 0.15) is 59.8 Å². The summed E-state index contributed by atoms with van der Waals surface area (Å²) in [5.74, 6) is 0. The van der Waals surface area contributed by atoms with Crippen LogP contribution in [-0.2, 0) is 4.74 Å². The van der Waals surface area contributed by atoms with Crippen molar-refractivity contribution in [1.82, 2.24) is 5.32 Å². The fourth-order valence-corrected chi connectivity index (χ4v) is 2.37. The minimum atomic E-state index is 0.359. The Labute approximate surface area is 101 Å². The summed E-state index contributed by atoms with van der Waals surface area (Å²) in [4.78, 5) is 0. The molecule has 2 heteroatoms. The molecule has 1 fully saturated rings. The number of hydrogen-bond acceptors (Lipinski definition) is 2. The lowest BCUT2D eigenvalue weighted by Gasteiger charge is -2.35. The fourth-order valence-electron chi connectivity index (χ4n) is 2.37. The molecule has 16 heavy (non-hydrogen) atoms. The highest BCUT2D eigenvalue weighted by molar-refractivity contribution is 4.79. The van der Waals surface area contributed by atoms with Crippen LogP contribution in [0.4, 0.5) is 0 Å². The summed E-state index contributed by atoms with van der Waals surface area (Å²) < 4.78 is 6.07. The molecule has 0 amide bonds. The van der Waals surface area contributed by atoms with E-state index in [1.165, 1.54) is 32.1 Å². The molecule has 96 valence electrons. The summed E-state index contributed by atoms with van der Waals surface area (Å²) in [6.07, 6.45) is 7.17. The summed E-state index contributed by atoms with van der Waals surface area (Å²) in [5, 5.41) is 3.42. The topological polar surface area (TPSA) is 21.3 Å². The zero-order valence-electron chi connectivity index (χ0n) is 11.5. The first-order valence-corrected chi connectivity index (χ1v) is 6.89. The van der Waals surface area contributed by atoms with Crippen molar-refractivity contribution in [1.29, 1.82) is 0 Å². The molecule has 2 nitrogen and oxygen atoms in total.